The number of ether oxygens (including phenoxy) is 1. The minimum Gasteiger partial charge on any atom is -0.382 e. The number of carbonyl (C=O) groups is 1. The van der Waals surface area contributed by atoms with Crippen molar-refractivity contribution in [2.75, 3.05) is 13.7 Å². The van der Waals surface area contributed by atoms with Gasteiger partial charge in [-0.25, -0.2) is 4.68 Å². The Kier molecular flexibility index (Phi) is 3.63. The van der Waals surface area contributed by atoms with Crippen LogP contribution in [0.2, 0.25) is 0 Å². The number of carbonyl (C=O) groups excluding carboxylic acids is 1. The summed E-state index contributed by atoms with van der Waals surface area (Å²) in [4.78, 5) is 10.8. The van der Waals surface area contributed by atoms with Crippen LogP contribution in [0.4, 0.5) is 13.2 Å². The van der Waals surface area contributed by atoms with E-state index in [1.165, 1.54) is 7.11 Å². The second-order valence-corrected chi connectivity index (χ2v) is 3.22. The Bertz CT molecular complexity index is 375. The maximum atomic E-state index is 12.0. The minimum atomic E-state index is -4.93. The highest BCUT2D eigenvalue weighted by Crippen LogP contribution is 2.20. The molecule has 1 heterocycles. The molecular formula is C8H10F3N3O2. The van der Waals surface area contributed by atoms with Crippen LogP contribution in [0.25, 0.3) is 0 Å². The molecule has 1 aromatic heterocycles. The fourth-order valence-corrected chi connectivity index (χ4v) is 1.06. The normalized spacial score (nSPS) is 13.8. The Hall–Kier alpha value is -1.44. The van der Waals surface area contributed by atoms with Crippen LogP contribution in [0, 0.1) is 0 Å². The van der Waals surface area contributed by atoms with E-state index in [4.69, 9.17) is 4.74 Å². The van der Waals surface area contributed by atoms with Crippen LogP contribution >= 0.6 is 0 Å². The van der Waals surface area contributed by atoms with Gasteiger partial charge in [0.05, 0.1) is 18.8 Å². The maximum Gasteiger partial charge on any atom is 0.456 e. The van der Waals surface area contributed by atoms with Gasteiger partial charge in [0.15, 0.2) is 5.69 Å². The molecule has 8 heteroatoms. The number of ketones is 1. The van der Waals surface area contributed by atoms with Crippen molar-refractivity contribution in [2.24, 2.45) is 0 Å². The number of aromatic nitrogens is 3. The van der Waals surface area contributed by atoms with Gasteiger partial charge in [-0.3, -0.25) is 4.79 Å². The number of Topliss-reactive ketones (excluding diaryl/α,β-unsaturated/α-hetero) is 1. The Morgan fingerprint density at radius 2 is 2.25 bits per heavy atom. The smallest absolute Gasteiger partial charge is 0.382 e. The fourth-order valence-electron chi connectivity index (χ4n) is 1.06. The van der Waals surface area contributed by atoms with Crippen molar-refractivity contribution in [3.05, 3.63) is 11.9 Å². The van der Waals surface area contributed by atoms with E-state index in [9.17, 15) is 18.0 Å². The topological polar surface area (TPSA) is 57.0 Å². The molecule has 90 valence electrons. The first-order valence-electron chi connectivity index (χ1n) is 4.38. The molecule has 0 N–H and O–H groups in total. The van der Waals surface area contributed by atoms with E-state index >= 15 is 0 Å². The molecule has 0 aromatic carbocycles. The van der Waals surface area contributed by atoms with Crippen LogP contribution in [0.1, 0.15) is 23.5 Å². The van der Waals surface area contributed by atoms with Gasteiger partial charge in [-0.15, -0.1) is 5.10 Å². The summed E-state index contributed by atoms with van der Waals surface area (Å²) in [6.07, 6.45) is -3.97. The average molecular weight is 237 g/mol. The Balaban J connectivity index is 2.83. The van der Waals surface area contributed by atoms with Crippen molar-refractivity contribution in [1.29, 1.82) is 0 Å². The van der Waals surface area contributed by atoms with E-state index in [1.54, 1.807) is 6.92 Å². The summed E-state index contributed by atoms with van der Waals surface area (Å²) in [5, 5.41) is 6.61. The molecule has 0 amide bonds. The molecular weight excluding hydrogens is 227 g/mol. The number of hydrogen-bond acceptors (Lipinski definition) is 4. The number of nitrogens with zero attached hydrogens (tertiary/aromatic N) is 3. The van der Waals surface area contributed by atoms with Gasteiger partial charge in [0, 0.05) is 7.11 Å². The van der Waals surface area contributed by atoms with Crippen molar-refractivity contribution >= 4 is 5.78 Å². The maximum absolute atomic E-state index is 12.0. The van der Waals surface area contributed by atoms with Gasteiger partial charge < -0.3 is 4.74 Å². The van der Waals surface area contributed by atoms with Gasteiger partial charge in [-0.2, -0.15) is 13.2 Å². The van der Waals surface area contributed by atoms with E-state index in [-0.39, 0.29) is 12.6 Å². The van der Waals surface area contributed by atoms with E-state index in [0.29, 0.717) is 0 Å². The number of methoxy groups -OCH3 is 1. The van der Waals surface area contributed by atoms with Crippen LogP contribution in [-0.2, 0) is 4.74 Å². The second kappa shape index (κ2) is 4.60. The number of hydrogen-bond donors (Lipinski definition) is 0. The predicted octanol–water partition coefficient (Wildman–Crippen LogP) is 1.23. The molecule has 0 fully saturated rings. The highest BCUT2D eigenvalue weighted by atomic mass is 19.4. The zero-order valence-electron chi connectivity index (χ0n) is 8.65. The third-order valence-corrected chi connectivity index (χ3v) is 1.86. The zero-order valence-corrected chi connectivity index (χ0v) is 8.65. The highest BCUT2D eigenvalue weighted by molar-refractivity contribution is 5.98. The third-order valence-electron chi connectivity index (χ3n) is 1.86. The summed E-state index contributed by atoms with van der Waals surface area (Å²) in [7, 11) is 1.45. The Morgan fingerprint density at radius 3 is 2.75 bits per heavy atom. The molecule has 0 radical (unpaired) electrons. The zero-order chi connectivity index (χ0) is 12.3. The third kappa shape index (κ3) is 2.78. The van der Waals surface area contributed by atoms with Crippen molar-refractivity contribution < 1.29 is 22.7 Å². The summed E-state index contributed by atoms with van der Waals surface area (Å²) in [5.41, 5.74) is -0.713. The van der Waals surface area contributed by atoms with Gasteiger partial charge in [0.2, 0.25) is 0 Å². The molecule has 1 rings (SSSR count). The monoisotopic (exact) mass is 237 g/mol. The number of rotatable bonds is 4. The van der Waals surface area contributed by atoms with Gasteiger partial charge in [0.1, 0.15) is 0 Å². The molecule has 0 bridgehead atoms. The van der Waals surface area contributed by atoms with E-state index in [1.807, 2.05) is 0 Å². The lowest BCUT2D eigenvalue weighted by Crippen LogP contribution is -2.23. The summed E-state index contributed by atoms with van der Waals surface area (Å²) >= 11 is 0. The lowest BCUT2D eigenvalue weighted by atomic mass is 10.3. The second-order valence-electron chi connectivity index (χ2n) is 3.22. The largest absolute Gasteiger partial charge is 0.456 e. The molecule has 5 nitrogen and oxygen atoms in total. The van der Waals surface area contributed by atoms with E-state index in [0.717, 1.165) is 10.9 Å². The van der Waals surface area contributed by atoms with E-state index < -0.39 is 17.7 Å². The summed E-state index contributed by atoms with van der Waals surface area (Å²) in [5.74, 6) is -2.00. The average Bonchev–Trinajstić information content (AvgIpc) is 2.64. The molecule has 0 spiro atoms. The first-order chi connectivity index (χ1) is 7.36. The quantitative estimate of drug-likeness (QED) is 0.739. The van der Waals surface area contributed by atoms with Gasteiger partial charge in [-0.1, -0.05) is 5.21 Å². The molecule has 0 aliphatic carbocycles. The van der Waals surface area contributed by atoms with Crippen molar-refractivity contribution in [1.82, 2.24) is 15.0 Å². The van der Waals surface area contributed by atoms with Crippen molar-refractivity contribution in [3.63, 3.8) is 0 Å². The van der Waals surface area contributed by atoms with Crippen LogP contribution in [0.3, 0.4) is 0 Å². The first-order valence-corrected chi connectivity index (χ1v) is 4.38. The molecule has 1 aromatic rings. The molecule has 16 heavy (non-hydrogen) atoms. The molecule has 0 saturated heterocycles. The summed E-state index contributed by atoms with van der Waals surface area (Å²) < 4.78 is 42.1. The summed E-state index contributed by atoms with van der Waals surface area (Å²) in [6.45, 7) is 1.95. The lowest BCUT2D eigenvalue weighted by Gasteiger charge is -2.08. The lowest BCUT2D eigenvalue weighted by molar-refractivity contribution is -0.0888. The Labute approximate surface area is 89.2 Å². The number of halogens is 3. The summed E-state index contributed by atoms with van der Waals surface area (Å²) in [6, 6.07) is -0.285. The highest BCUT2D eigenvalue weighted by Gasteiger charge is 2.41. The van der Waals surface area contributed by atoms with Crippen LogP contribution in [-0.4, -0.2) is 40.7 Å². The van der Waals surface area contributed by atoms with Crippen LogP contribution in [0.15, 0.2) is 6.20 Å². The van der Waals surface area contributed by atoms with E-state index in [2.05, 4.69) is 10.3 Å². The molecule has 1 atom stereocenters. The SMILES string of the molecule is COCC(C)n1cc(C(=O)C(F)(F)F)nn1. The van der Waals surface area contributed by atoms with Crippen molar-refractivity contribution in [2.45, 2.75) is 19.1 Å². The molecule has 0 aliphatic rings. The van der Waals surface area contributed by atoms with Gasteiger partial charge >= 0.3 is 6.18 Å². The Morgan fingerprint density at radius 1 is 1.62 bits per heavy atom. The minimum absolute atomic E-state index is 0.267. The molecule has 1 unspecified atom stereocenters. The fraction of sp³-hybridized carbons (Fsp3) is 0.625. The number of alkyl halides is 3. The first kappa shape index (κ1) is 12.6. The van der Waals surface area contributed by atoms with Crippen molar-refractivity contribution in [3.8, 4) is 0 Å². The predicted molar refractivity (Wildman–Crippen MR) is 47.0 cm³/mol. The van der Waals surface area contributed by atoms with Crippen LogP contribution in [0.5, 0.6) is 0 Å². The molecule has 0 aliphatic heterocycles. The van der Waals surface area contributed by atoms with Gasteiger partial charge in [-0.05, 0) is 6.92 Å². The molecule has 0 saturated carbocycles. The van der Waals surface area contributed by atoms with Gasteiger partial charge in [0.25, 0.3) is 5.78 Å². The van der Waals surface area contributed by atoms with Crippen LogP contribution < -0.4 is 0 Å². The standard InChI is InChI=1S/C8H10F3N3O2/c1-5(4-16-2)14-3-6(12-13-14)7(15)8(9,10)11/h3,5H,4H2,1-2H3.